The number of aliphatic hydroxyl groups is 1. The van der Waals surface area contributed by atoms with Crippen LogP contribution >= 0.6 is 0 Å². The van der Waals surface area contributed by atoms with Gasteiger partial charge in [0.1, 0.15) is 0 Å². The second kappa shape index (κ2) is 3.90. The van der Waals surface area contributed by atoms with Crippen LogP contribution in [0.15, 0.2) is 24.3 Å². The zero-order chi connectivity index (χ0) is 10.8. The summed E-state index contributed by atoms with van der Waals surface area (Å²) in [6, 6.07) is 6.99. The van der Waals surface area contributed by atoms with Crippen LogP contribution < -0.4 is 11.1 Å². The molecule has 0 saturated carbocycles. The smallest absolute Gasteiger partial charge is 0.312 e. The summed E-state index contributed by atoms with van der Waals surface area (Å²) < 4.78 is 0. The Kier molecular flexibility index (Phi) is 2.60. The van der Waals surface area contributed by atoms with Gasteiger partial charge in [-0.05, 0) is 24.0 Å². The van der Waals surface area contributed by atoms with Crippen LogP contribution in [0.25, 0.3) is 0 Å². The summed E-state index contributed by atoms with van der Waals surface area (Å²) in [7, 11) is 0. The van der Waals surface area contributed by atoms with Gasteiger partial charge >= 0.3 is 6.03 Å². The fraction of sp³-hybridized carbons (Fsp3) is 0.364. The van der Waals surface area contributed by atoms with E-state index in [1.807, 2.05) is 24.3 Å². The second-order valence-corrected chi connectivity index (χ2v) is 3.78. The lowest BCUT2D eigenvalue weighted by molar-refractivity contribution is 0.147. The van der Waals surface area contributed by atoms with Crippen LogP contribution in [0.2, 0.25) is 0 Å². The van der Waals surface area contributed by atoms with Crippen molar-refractivity contribution in [2.75, 3.05) is 0 Å². The lowest BCUT2D eigenvalue weighted by Crippen LogP contribution is -2.35. The molecule has 2 amide bonds. The van der Waals surface area contributed by atoms with E-state index in [0.717, 1.165) is 17.5 Å². The predicted molar refractivity (Wildman–Crippen MR) is 56.1 cm³/mol. The zero-order valence-electron chi connectivity index (χ0n) is 8.31. The van der Waals surface area contributed by atoms with Crippen LogP contribution in [0.1, 0.15) is 36.1 Å². The van der Waals surface area contributed by atoms with E-state index in [4.69, 9.17) is 5.73 Å². The first-order valence-electron chi connectivity index (χ1n) is 5.01. The van der Waals surface area contributed by atoms with Crippen LogP contribution in [0.5, 0.6) is 0 Å². The highest BCUT2D eigenvalue weighted by atomic mass is 16.3. The maximum atomic E-state index is 10.8. The summed E-state index contributed by atoms with van der Waals surface area (Å²) >= 11 is 0. The number of nitrogens with two attached hydrogens (primary N) is 1. The Labute approximate surface area is 88.1 Å². The fourth-order valence-electron chi connectivity index (χ4n) is 2.09. The van der Waals surface area contributed by atoms with Crippen LogP contribution in [0.3, 0.4) is 0 Å². The molecule has 1 aromatic rings. The van der Waals surface area contributed by atoms with E-state index in [9.17, 15) is 9.90 Å². The van der Waals surface area contributed by atoms with Crippen molar-refractivity contribution in [3.63, 3.8) is 0 Å². The molecular formula is C11H14N2O2. The first-order chi connectivity index (χ1) is 7.18. The molecule has 15 heavy (non-hydrogen) atoms. The van der Waals surface area contributed by atoms with Gasteiger partial charge in [-0.15, -0.1) is 0 Å². The SMILES string of the molecule is NC(=O)NC1CCC(O)c2ccccc21. The molecule has 80 valence electrons. The molecule has 0 saturated heterocycles. The molecule has 1 aliphatic rings. The van der Waals surface area contributed by atoms with E-state index >= 15 is 0 Å². The first kappa shape index (κ1) is 9.98. The number of aliphatic hydroxyl groups excluding tert-OH is 1. The van der Waals surface area contributed by atoms with E-state index < -0.39 is 12.1 Å². The van der Waals surface area contributed by atoms with Crippen molar-refractivity contribution in [1.82, 2.24) is 5.32 Å². The minimum Gasteiger partial charge on any atom is -0.388 e. The summed E-state index contributed by atoms with van der Waals surface area (Å²) in [4.78, 5) is 10.8. The number of fused-ring (bicyclic) bond motifs is 1. The Morgan fingerprint density at radius 3 is 2.67 bits per heavy atom. The number of carbonyl (C=O) groups is 1. The van der Waals surface area contributed by atoms with Crippen molar-refractivity contribution in [3.05, 3.63) is 35.4 Å². The predicted octanol–water partition coefficient (Wildman–Crippen LogP) is 1.22. The van der Waals surface area contributed by atoms with Gasteiger partial charge in [0, 0.05) is 0 Å². The molecule has 0 heterocycles. The van der Waals surface area contributed by atoms with Gasteiger partial charge in [0.2, 0.25) is 0 Å². The molecule has 2 atom stereocenters. The van der Waals surface area contributed by atoms with Crippen LogP contribution in [-0.4, -0.2) is 11.1 Å². The van der Waals surface area contributed by atoms with Crippen molar-refractivity contribution in [1.29, 1.82) is 0 Å². The van der Waals surface area contributed by atoms with Crippen molar-refractivity contribution < 1.29 is 9.90 Å². The summed E-state index contributed by atoms with van der Waals surface area (Å²) in [5, 5.41) is 12.5. The third-order valence-corrected chi connectivity index (χ3v) is 2.78. The van der Waals surface area contributed by atoms with Crippen LogP contribution in [0.4, 0.5) is 4.79 Å². The van der Waals surface area contributed by atoms with Gasteiger partial charge in [-0.25, -0.2) is 4.79 Å². The summed E-state index contributed by atoms with van der Waals surface area (Å²) in [5.41, 5.74) is 6.96. The molecule has 0 spiro atoms. The first-order valence-corrected chi connectivity index (χ1v) is 5.01. The van der Waals surface area contributed by atoms with E-state index in [2.05, 4.69) is 5.32 Å². The number of hydrogen-bond acceptors (Lipinski definition) is 2. The molecule has 1 aliphatic carbocycles. The van der Waals surface area contributed by atoms with Crippen LogP contribution in [0, 0.1) is 0 Å². The van der Waals surface area contributed by atoms with Crippen molar-refractivity contribution in [2.45, 2.75) is 25.0 Å². The van der Waals surface area contributed by atoms with Gasteiger partial charge < -0.3 is 16.2 Å². The average Bonchev–Trinajstić information content (AvgIpc) is 2.22. The van der Waals surface area contributed by atoms with Crippen molar-refractivity contribution >= 4 is 6.03 Å². The van der Waals surface area contributed by atoms with Gasteiger partial charge in [0.15, 0.2) is 0 Å². The van der Waals surface area contributed by atoms with Gasteiger partial charge in [-0.2, -0.15) is 0 Å². The molecule has 0 aromatic heterocycles. The fourth-order valence-corrected chi connectivity index (χ4v) is 2.09. The van der Waals surface area contributed by atoms with E-state index in [-0.39, 0.29) is 6.04 Å². The highest BCUT2D eigenvalue weighted by Crippen LogP contribution is 2.35. The Morgan fingerprint density at radius 1 is 1.33 bits per heavy atom. The minimum absolute atomic E-state index is 0.0675. The minimum atomic E-state index is -0.522. The molecule has 1 aromatic carbocycles. The lowest BCUT2D eigenvalue weighted by atomic mass is 9.86. The van der Waals surface area contributed by atoms with Gasteiger partial charge in [-0.3, -0.25) is 0 Å². The quantitative estimate of drug-likeness (QED) is 0.646. The molecule has 0 fully saturated rings. The molecule has 4 heteroatoms. The Hall–Kier alpha value is -1.55. The summed E-state index contributed by atoms with van der Waals surface area (Å²) in [5.74, 6) is 0. The largest absolute Gasteiger partial charge is 0.388 e. The molecule has 2 rings (SSSR count). The van der Waals surface area contributed by atoms with E-state index in [1.165, 1.54) is 0 Å². The molecule has 0 bridgehead atoms. The number of urea groups is 1. The second-order valence-electron chi connectivity index (χ2n) is 3.78. The number of primary amides is 1. The zero-order valence-corrected chi connectivity index (χ0v) is 8.31. The standard InChI is InChI=1S/C11H14N2O2/c12-11(15)13-9-5-6-10(14)8-4-2-1-3-7(8)9/h1-4,9-10,14H,5-6H2,(H3,12,13,15). The summed E-state index contributed by atoms with van der Waals surface area (Å²) in [6.45, 7) is 0. The highest BCUT2D eigenvalue weighted by Gasteiger charge is 2.25. The number of benzene rings is 1. The molecular weight excluding hydrogens is 192 g/mol. The van der Waals surface area contributed by atoms with E-state index in [0.29, 0.717) is 6.42 Å². The molecule has 2 unspecified atom stereocenters. The normalized spacial score (nSPS) is 24.3. The van der Waals surface area contributed by atoms with Gasteiger partial charge in [0.05, 0.1) is 12.1 Å². The number of nitrogens with one attached hydrogen (secondary N) is 1. The Bertz CT molecular complexity index is 379. The molecule has 4 N–H and O–H groups in total. The third kappa shape index (κ3) is 1.94. The Balaban J connectivity index is 2.31. The summed E-state index contributed by atoms with van der Waals surface area (Å²) in [6.07, 6.45) is 0.954. The Morgan fingerprint density at radius 2 is 2.00 bits per heavy atom. The lowest BCUT2D eigenvalue weighted by Gasteiger charge is -2.28. The average molecular weight is 206 g/mol. The number of hydrogen-bond donors (Lipinski definition) is 3. The highest BCUT2D eigenvalue weighted by molar-refractivity contribution is 5.72. The van der Waals surface area contributed by atoms with Gasteiger partial charge in [-0.1, -0.05) is 24.3 Å². The third-order valence-electron chi connectivity index (χ3n) is 2.78. The van der Waals surface area contributed by atoms with Crippen molar-refractivity contribution in [3.8, 4) is 0 Å². The molecule has 4 nitrogen and oxygen atoms in total. The monoisotopic (exact) mass is 206 g/mol. The number of amides is 2. The topological polar surface area (TPSA) is 75.4 Å². The maximum absolute atomic E-state index is 10.8. The maximum Gasteiger partial charge on any atom is 0.312 e. The van der Waals surface area contributed by atoms with Crippen LogP contribution in [-0.2, 0) is 0 Å². The number of rotatable bonds is 1. The van der Waals surface area contributed by atoms with Gasteiger partial charge in [0.25, 0.3) is 0 Å². The molecule has 0 aliphatic heterocycles. The number of carbonyl (C=O) groups excluding carboxylic acids is 1. The van der Waals surface area contributed by atoms with E-state index in [1.54, 1.807) is 0 Å². The molecule has 0 radical (unpaired) electrons. The van der Waals surface area contributed by atoms with Crippen molar-refractivity contribution in [2.24, 2.45) is 5.73 Å².